The van der Waals surface area contributed by atoms with E-state index >= 15 is 0 Å². The van der Waals surface area contributed by atoms with Crippen molar-refractivity contribution in [2.24, 2.45) is 5.92 Å². The maximum Gasteiger partial charge on any atom is -0.0215 e. The smallest absolute Gasteiger partial charge is 0.0215 e. The molecule has 0 heterocycles. The van der Waals surface area contributed by atoms with Gasteiger partial charge < -0.3 is 0 Å². The van der Waals surface area contributed by atoms with Gasteiger partial charge in [0.15, 0.2) is 0 Å². The quantitative estimate of drug-likeness (QED) is 0.497. The van der Waals surface area contributed by atoms with E-state index < -0.39 is 0 Å². The van der Waals surface area contributed by atoms with Crippen LogP contribution in [-0.2, 0) is 0 Å². The molecule has 0 aromatic rings. The van der Waals surface area contributed by atoms with Crippen LogP contribution in [0.3, 0.4) is 0 Å². The van der Waals surface area contributed by atoms with Crippen molar-refractivity contribution in [1.29, 1.82) is 0 Å². The molecule has 1 atom stereocenters. The minimum absolute atomic E-state index is 0.872. The zero-order valence-electron chi connectivity index (χ0n) is 10.0. The molecule has 0 aromatic heterocycles. The highest BCUT2D eigenvalue weighted by Gasteiger charge is 2.14. The summed E-state index contributed by atoms with van der Waals surface area (Å²) < 4.78 is 0. The van der Waals surface area contributed by atoms with E-state index in [0.29, 0.717) is 0 Å². The van der Waals surface area contributed by atoms with E-state index in [1.54, 1.807) is 5.92 Å². The SMILES string of the molecule is CCCC[C](CC)C(C)CCCC. The summed E-state index contributed by atoms with van der Waals surface area (Å²) in [6.07, 6.45) is 9.54. The van der Waals surface area contributed by atoms with Gasteiger partial charge in [-0.25, -0.2) is 0 Å². The predicted molar refractivity (Wildman–Crippen MR) is 61.7 cm³/mol. The van der Waals surface area contributed by atoms with Crippen molar-refractivity contribution < 1.29 is 0 Å². The van der Waals surface area contributed by atoms with Crippen molar-refractivity contribution in [1.82, 2.24) is 0 Å². The molecule has 79 valence electrons. The third-order valence-corrected chi connectivity index (χ3v) is 2.99. The van der Waals surface area contributed by atoms with Crippen LogP contribution in [0.5, 0.6) is 0 Å². The van der Waals surface area contributed by atoms with Crippen LogP contribution in [0.4, 0.5) is 0 Å². The third kappa shape index (κ3) is 6.12. The van der Waals surface area contributed by atoms with Gasteiger partial charge in [-0.05, 0) is 24.7 Å². The fraction of sp³-hybridized carbons (Fsp3) is 0.923. The van der Waals surface area contributed by atoms with Crippen molar-refractivity contribution in [3.8, 4) is 0 Å². The first kappa shape index (κ1) is 13.0. The summed E-state index contributed by atoms with van der Waals surface area (Å²) in [5, 5.41) is 0. The molecule has 13 heavy (non-hydrogen) atoms. The second-order valence-corrected chi connectivity index (χ2v) is 4.16. The summed E-state index contributed by atoms with van der Waals surface area (Å²) in [5.41, 5.74) is 0. The standard InChI is InChI=1S/C13H27/c1-5-8-10-12(4)13(7-3)11-9-6-2/h12H,5-11H2,1-4H3. The van der Waals surface area contributed by atoms with Crippen LogP contribution >= 0.6 is 0 Å². The highest BCUT2D eigenvalue weighted by atomic mass is 14.2. The molecule has 0 N–H and O–H groups in total. The Morgan fingerprint density at radius 1 is 1.00 bits per heavy atom. The van der Waals surface area contributed by atoms with Gasteiger partial charge in [0.2, 0.25) is 0 Å². The van der Waals surface area contributed by atoms with Crippen LogP contribution in [0, 0.1) is 11.8 Å². The van der Waals surface area contributed by atoms with E-state index in [9.17, 15) is 0 Å². The minimum Gasteiger partial charge on any atom is -0.0654 e. The normalized spacial score (nSPS) is 13.6. The average molecular weight is 183 g/mol. The molecule has 0 aliphatic carbocycles. The highest BCUT2D eigenvalue weighted by molar-refractivity contribution is 4.92. The molecule has 0 amide bonds. The Bertz CT molecular complexity index is 96.2. The molecule has 0 saturated heterocycles. The summed E-state index contributed by atoms with van der Waals surface area (Å²) in [6.45, 7) is 9.28. The Morgan fingerprint density at radius 3 is 2.08 bits per heavy atom. The van der Waals surface area contributed by atoms with Gasteiger partial charge >= 0.3 is 0 Å². The van der Waals surface area contributed by atoms with E-state index in [0.717, 1.165) is 5.92 Å². The first-order chi connectivity index (χ1) is 6.26. The molecule has 0 bridgehead atoms. The minimum atomic E-state index is 0.872. The lowest BCUT2D eigenvalue weighted by molar-refractivity contribution is 0.464. The molecule has 0 aliphatic rings. The molecule has 0 aromatic carbocycles. The lowest BCUT2D eigenvalue weighted by Crippen LogP contribution is -2.08. The second kappa shape index (κ2) is 8.59. The van der Waals surface area contributed by atoms with Gasteiger partial charge in [-0.1, -0.05) is 59.8 Å². The van der Waals surface area contributed by atoms with E-state index in [2.05, 4.69) is 27.7 Å². The Morgan fingerprint density at radius 2 is 1.62 bits per heavy atom. The molecule has 0 saturated carbocycles. The molecule has 0 spiro atoms. The van der Waals surface area contributed by atoms with Gasteiger partial charge in [-0.2, -0.15) is 0 Å². The summed E-state index contributed by atoms with van der Waals surface area (Å²) in [5.74, 6) is 2.67. The van der Waals surface area contributed by atoms with Gasteiger partial charge in [0.05, 0.1) is 0 Å². The fourth-order valence-electron chi connectivity index (χ4n) is 1.89. The topological polar surface area (TPSA) is 0 Å². The van der Waals surface area contributed by atoms with Gasteiger partial charge in [-0.3, -0.25) is 0 Å². The fourth-order valence-corrected chi connectivity index (χ4v) is 1.89. The van der Waals surface area contributed by atoms with Crippen molar-refractivity contribution in [3.05, 3.63) is 5.92 Å². The average Bonchev–Trinajstić information content (AvgIpc) is 2.16. The monoisotopic (exact) mass is 183 g/mol. The number of hydrogen-bond donors (Lipinski definition) is 0. The molecular weight excluding hydrogens is 156 g/mol. The van der Waals surface area contributed by atoms with Gasteiger partial charge in [0.25, 0.3) is 0 Å². The predicted octanol–water partition coefficient (Wildman–Crippen LogP) is 4.99. The molecule has 0 heteroatoms. The Labute approximate surface area is 85.1 Å². The van der Waals surface area contributed by atoms with Gasteiger partial charge in [0, 0.05) is 0 Å². The third-order valence-electron chi connectivity index (χ3n) is 2.99. The van der Waals surface area contributed by atoms with Crippen molar-refractivity contribution in [3.63, 3.8) is 0 Å². The maximum atomic E-state index is 2.41. The number of rotatable bonds is 8. The Balaban J connectivity index is 3.63. The zero-order chi connectivity index (χ0) is 10.1. The number of hydrogen-bond acceptors (Lipinski definition) is 0. The maximum absolute atomic E-state index is 2.41. The van der Waals surface area contributed by atoms with E-state index in [1.165, 1.54) is 44.9 Å². The first-order valence-corrected chi connectivity index (χ1v) is 6.10. The van der Waals surface area contributed by atoms with Crippen LogP contribution < -0.4 is 0 Å². The summed E-state index contributed by atoms with van der Waals surface area (Å²) in [4.78, 5) is 0. The second-order valence-electron chi connectivity index (χ2n) is 4.16. The summed E-state index contributed by atoms with van der Waals surface area (Å²) in [7, 11) is 0. The lowest BCUT2D eigenvalue weighted by atomic mass is 9.84. The van der Waals surface area contributed by atoms with Crippen LogP contribution in [0.2, 0.25) is 0 Å². The van der Waals surface area contributed by atoms with Crippen molar-refractivity contribution in [2.45, 2.75) is 72.6 Å². The summed E-state index contributed by atoms with van der Waals surface area (Å²) in [6, 6.07) is 0. The Hall–Kier alpha value is 0. The van der Waals surface area contributed by atoms with Crippen LogP contribution in [0.1, 0.15) is 72.6 Å². The molecule has 0 nitrogen and oxygen atoms in total. The van der Waals surface area contributed by atoms with Gasteiger partial charge in [0.1, 0.15) is 0 Å². The van der Waals surface area contributed by atoms with Crippen LogP contribution in [0.15, 0.2) is 0 Å². The molecule has 0 fully saturated rings. The first-order valence-electron chi connectivity index (χ1n) is 6.10. The van der Waals surface area contributed by atoms with Crippen molar-refractivity contribution >= 4 is 0 Å². The van der Waals surface area contributed by atoms with Crippen LogP contribution in [-0.4, -0.2) is 0 Å². The summed E-state index contributed by atoms with van der Waals surface area (Å²) >= 11 is 0. The molecule has 1 unspecified atom stereocenters. The molecular formula is C13H27. The van der Waals surface area contributed by atoms with Crippen molar-refractivity contribution in [2.75, 3.05) is 0 Å². The van der Waals surface area contributed by atoms with E-state index in [4.69, 9.17) is 0 Å². The molecule has 0 aliphatic heterocycles. The van der Waals surface area contributed by atoms with E-state index in [1.807, 2.05) is 0 Å². The zero-order valence-corrected chi connectivity index (χ0v) is 10.0. The molecule has 0 rings (SSSR count). The number of unbranched alkanes of at least 4 members (excludes halogenated alkanes) is 2. The van der Waals surface area contributed by atoms with E-state index in [-0.39, 0.29) is 0 Å². The van der Waals surface area contributed by atoms with Gasteiger partial charge in [-0.15, -0.1) is 0 Å². The largest absolute Gasteiger partial charge is 0.0654 e. The molecule has 1 radical (unpaired) electrons. The lowest BCUT2D eigenvalue weighted by Gasteiger charge is -2.21. The highest BCUT2D eigenvalue weighted by Crippen LogP contribution is 2.27. The Kier molecular flexibility index (Phi) is 8.59. The van der Waals surface area contributed by atoms with Crippen LogP contribution in [0.25, 0.3) is 0 Å².